The lowest BCUT2D eigenvalue weighted by Gasteiger charge is -2.12. The Kier molecular flexibility index (Phi) is 4.69. The number of ether oxygens (including phenoxy) is 1. The molecule has 17 heavy (non-hydrogen) atoms. The Hall–Kier alpha value is -1.36. The highest BCUT2D eigenvalue weighted by Crippen LogP contribution is 2.26. The summed E-state index contributed by atoms with van der Waals surface area (Å²) in [5, 5.41) is 8.70. The van der Waals surface area contributed by atoms with Crippen molar-refractivity contribution in [1.29, 1.82) is 0 Å². The summed E-state index contributed by atoms with van der Waals surface area (Å²) < 4.78 is 28.5. The molecule has 0 atom stereocenters. The van der Waals surface area contributed by atoms with E-state index in [1.807, 2.05) is 0 Å². The SMILES string of the molecule is Cc1cc(CC(=O)O)c(CCl)cc1OC(F)F. The number of benzene rings is 1. The van der Waals surface area contributed by atoms with Crippen LogP contribution in [0.3, 0.4) is 0 Å². The number of rotatable bonds is 5. The van der Waals surface area contributed by atoms with Crippen molar-refractivity contribution >= 4 is 17.6 Å². The largest absolute Gasteiger partial charge is 0.481 e. The number of hydrogen-bond donors (Lipinski definition) is 1. The quantitative estimate of drug-likeness (QED) is 0.832. The fourth-order valence-corrected chi connectivity index (χ4v) is 1.71. The van der Waals surface area contributed by atoms with Gasteiger partial charge in [0.1, 0.15) is 5.75 Å². The molecule has 0 heterocycles. The van der Waals surface area contributed by atoms with Crippen molar-refractivity contribution in [1.82, 2.24) is 0 Å². The second kappa shape index (κ2) is 5.82. The van der Waals surface area contributed by atoms with E-state index >= 15 is 0 Å². The molecule has 0 bridgehead atoms. The lowest BCUT2D eigenvalue weighted by molar-refractivity contribution is -0.136. The van der Waals surface area contributed by atoms with Crippen molar-refractivity contribution < 1.29 is 23.4 Å². The van der Waals surface area contributed by atoms with Crippen LogP contribution in [0.2, 0.25) is 0 Å². The molecule has 0 aliphatic carbocycles. The third-order valence-corrected chi connectivity index (χ3v) is 2.49. The molecule has 1 aromatic carbocycles. The van der Waals surface area contributed by atoms with Crippen LogP contribution in [0.5, 0.6) is 5.75 Å². The minimum Gasteiger partial charge on any atom is -0.481 e. The fraction of sp³-hybridized carbons (Fsp3) is 0.364. The standard InChI is InChI=1S/C11H11ClF2O3/c1-6-2-7(4-10(15)16)8(5-12)3-9(6)17-11(13)14/h2-3,11H,4-5H2,1H3,(H,15,16). The van der Waals surface area contributed by atoms with Crippen molar-refractivity contribution in [2.45, 2.75) is 25.8 Å². The highest BCUT2D eigenvalue weighted by Gasteiger charge is 2.13. The number of hydrogen-bond acceptors (Lipinski definition) is 2. The number of carboxylic acid groups (broad SMARTS) is 1. The monoisotopic (exact) mass is 264 g/mol. The normalized spacial score (nSPS) is 10.6. The molecule has 0 fully saturated rings. The van der Waals surface area contributed by atoms with Gasteiger partial charge >= 0.3 is 12.6 Å². The molecule has 3 nitrogen and oxygen atoms in total. The van der Waals surface area contributed by atoms with Crippen LogP contribution in [0.1, 0.15) is 16.7 Å². The molecule has 0 saturated carbocycles. The van der Waals surface area contributed by atoms with Gasteiger partial charge < -0.3 is 9.84 Å². The van der Waals surface area contributed by atoms with Crippen molar-refractivity contribution in [3.63, 3.8) is 0 Å². The molecular formula is C11H11ClF2O3. The fourth-order valence-electron chi connectivity index (χ4n) is 1.46. The number of carboxylic acids is 1. The van der Waals surface area contributed by atoms with Gasteiger partial charge in [0, 0.05) is 5.88 Å². The van der Waals surface area contributed by atoms with Gasteiger partial charge in [-0.1, -0.05) is 6.07 Å². The van der Waals surface area contributed by atoms with Gasteiger partial charge in [0.25, 0.3) is 0 Å². The summed E-state index contributed by atoms with van der Waals surface area (Å²) in [6.45, 7) is -1.34. The van der Waals surface area contributed by atoms with Gasteiger partial charge in [-0.2, -0.15) is 8.78 Å². The molecular weight excluding hydrogens is 254 g/mol. The van der Waals surface area contributed by atoms with Crippen molar-refractivity contribution in [3.8, 4) is 5.75 Å². The molecule has 0 unspecified atom stereocenters. The van der Waals surface area contributed by atoms with Crippen LogP contribution in [0.15, 0.2) is 12.1 Å². The maximum Gasteiger partial charge on any atom is 0.387 e. The average Bonchev–Trinajstić information content (AvgIpc) is 2.20. The molecule has 0 aromatic heterocycles. The van der Waals surface area contributed by atoms with Crippen molar-refractivity contribution in [2.24, 2.45) is 0 Å². The number of carbonyl (C=O) groups is 1. The minimum absolute atomic E-state index is 0.0183. The predicted molar refractivity (Wildman–Crippen MR) is 58.7 cm³/mol. The summed E-state index contributed by atoms with van der Waals surface area (Å²) >= 11 is 5.64. The van der Waals surface area contributed by atoms with Gasteiger partial charge in [0.2, 0.25) is 0 Å². The summed E-state index contributed by atoms with van der Waals surface area (Å²) in [6.07, 6.45) is -0.197. The summed E-state index contributed by atoms with van der Waals surface area (Å²) in [6, 6.07) is 2.86. The molecule has 1 aromatic rings. The number of aryl methyl sites for hydroxylation is 1. The van der Waals surface area contributed by atoms with E-state index < -0.39 is 12.6 Å². The predicted octanol–water partition coefficient (Wildman–Crippen LogP) is 2.96. The zero-order valence-electron chi connectivity index (χ0n) is 9.04. The van der Waals surface area contributed by atoms with Crippen molar-refractivity contribution in [2.75, 3.05) is 0 Å². The van der Waals surface area contributed by atoms with Crippen molar-refractivity contribution in [3.05, 3.63) is 28.8 Å². The molecule has 0 aliphatic heterocycles. The lowest BCUT2D eigenvalue weighted by atomic mass is 10.0. The molecule has 0 radical (unpaired) electrons. The van der Waals surface area contributed by atoms with E-state index in [2.05, 4.69) is 4.74 Å². The zero-order chi connectivity index (χ0) is 13.0. The number of halogens is 3. The second-order valence-electron chi connectivity index (χ2n) is 3.47. The van der Waals surface area contributed by atoms with E-state index in [0.717, 1.165) is 0 Å². The Morgan fingerprint density at radius 1 is 1.47 bits per heavy atom. The number of aliphatic carboxylic acids is 1. The summed E-state index contributed by atoms with van der Waals surface area (Å²) in [7, 11) is 0. The first kappa shape index (κ1) is 13.7. The van der Waals surface area contributed by atoms with Gasteiger partial charge in [-0.05, 0) is 29.7 Å². The zero-order valence-corrected chi connectivity index (χ0v) is 9.80. The first-order valence-electron chi connectivity index (χ1n) is 4.79. The van der Waals surface area contributed by atoms with Crippen LogP contribution >= 0.6 is 11.6 Å². The summed E-state index contributed by atoms with van der Waals surface area (Å²) in [4.78, 5) is 10.6. The molecule has 6 heteroatoms. The van der Waals surface area contributed by atoms with E-state index in [1.54, 1.807) is 6.92 Å². The van der Waals surface area contributed by atoms with Gasteiger partial charge in [0.15, 0.2) is 0 Å². The van der Waals surface area contributed by atoms with Crippen LogP contribution in [0, 0.1) is 6.92 Å². The van der Waals surface area contributed by atoms with Crippen LogP contribution < -0.4 is 4.74 Å². The van der Waals surface area contributed by atoms with Gasteiger partial charge in [-0.25, -0.2) is 0 Å². The minimum atomic E-state index is -2.91. The third kappa shape index (κ3) is 3.85. The van der Waals surface area contributed by atoms with Crippen LogP contribution in [0.25, 0.3) is 0 Å². The Morgan fingerprint density at radius 2 is 2.12 bits per heavy atom. The average molecular weight is 265 g/mol. The molecule has 1 rings (SSSR count). The number of alkyl halides is 3. The third-order valence-electron chi connectivity index (χ3n) is 2.20. The Morgan fingerprint density at radius 3 is 2.59 bits per heavy atom. The Balaban J connectivity index is 3.10. The van der Waals surface area contributed by atoms with Gasteiger partial charge in [-0.3, -0.25) is 4.79 Å². The molecule has 94 valence electrons. The van der Waals surface area contributed by atoms with E-state index in [9.17, 15) is 13.6 Å². The van der Waals surface area contributed by atoms with Gasteiger partial charge in [0.05, 0.1) is 6.42 Å². The molecule has 0 saturated heterocycles. The Bertz CT molecular complexity index is 421. The molecule has 0 aliphatic rings. The lowest BCUT2D eigenvalue weighted by Crippen LogP contribution is -2.07. The van der Waals surface area contributed by atoms with Crippen LogP contribution in [0.4, 0.5) is 8.78 Å². The Labute approximate surface area is 102 Å². The smallest absolute Gasteiger partial charge is 0.387 e. The highest BCUT2D eigenvalue weighted by molar-refractivity contribution is 6.17. The molecule has 1 N–H and O–H groups in total. The highest BCUT2D eigenvalue weighted by atomic mass is 35.5. The first-order valence-corrected chi connectivity index (χ1v) is 5.32. The first-order chi connectivity index (χ1) is 7.93. The van der Waals surface area contributed by atoms with E-state index in [0.29, 0.717) is 16.7 Å². The summed E-state index contributed by atoms with van der Waals surface area (Å²) in [5.41, 5.74) is 1.44. The second-order valence-corrected chi connectivity index (χ2v) is 3.74. The summed E-state index contributed by atoms with van der Waals surface area (Å²) in [5.74, 6) is -0.939. The molecule has 0 spiro atoms. The maximum atomic E-state index is 12.1. The van der Waals surface area contributed by atoms with E-state index in [-0.39, 0.29) is 18.1 Å². The maximum absolute atomic E-state index is 12.1. The van der Waals surface area contributed by atoms with Crippen LogP contribution in [-0.4, -0.2) is 17.7 Å². The van der Waals surface area contributed by atoms with Crippen LogP contribution in [-0.2, 0) is 17.1 Å². The van der Waals surface area contributed by atoms with E-state index in [1.165, 1.54) is 12.1 Å². The van der Waals surface area contributed by atoms with E-state index in [4.69, 9.17) is 16.7 Å². The topological polar surface area (TPSA) is 46.5 Å². The molecule has 0 amide bonds. The van der Waals surface area contributed by atoms with Gasteiger partial charge in [-0.15, -0.1) is 11.6 Å².